The molecule has 3 rings (SSSR count). The molecule has 100 valence electrons. The van der Waals surface area contributed by atoms with Gasteiger partial charge >= 0.3 is 5.97 Å². The van der Waals surface area contributed by atoms with Crippen molar-refractivity contribution in [3.63, 3.8) is 0 Å². The second-order valence-corrected chi connectivity index (χ2v) is 4.50. The van der Waals surface area contributed by atoms with Crippen LogP contribution in [0.4, 0.5) is 0 Å². The van der Waals surface area contributed by atoms with E-state index in [-0.39, 0.29) is 13.2 Å². The van der Waals surface area contributed by atoms with Crippen molar-refractivity contribution in [2.24, 2.45) is 0 Å². The van der Waals surface area contributed by atoms with Crippen LogP contribution in [0.25, 0.3) is 11.0 Å². The fraction of sp³-hybridized carbons (Fsp3) is 0.385. The number of benzene rings is 1. The molecule has 0 unspecified atom stereocenters. The number of aryl methyl sites for hydroxylation is 2. The van der Waals surface area contributed by atoms with Crippen LogP contribution in [0.2, 0.25) is 0 Å². The smallest absolute Gasteiger partial charge is 0.303 e. The molecule has 6 nitrogen and oxygen atoms in total. The molecule has 1 N–H and O–H groups in total. The number of nitrogens with zero attached hydrogens (tertiary/aromatic N) is 2. The van der Waals surface area contributed by atoms with Crippen LogP contribution >= 0.6 is 0 Å². The number of carboxylic acid groups (broad SMARTS) is 1. The molecule has 2 aromatic rings. The molecule has 1 aliphatic heterocycles. The van der Waals surface area contributed by atoms with E-state index in [0.717, 1.165) is 16.9 Å². The minimum atomic E-state index is -0.778. The predicted molar refractivity (Wildman–Crippen MR) is 67.5 cm³/mol. The highest BCUT2D eigenvalue weighted by Crippen LogP contribution is 2.36. The van der Waals surface area contributed by atoms with E-state index in [1.807, 2.05) is 23.6 Å². The topological polar surface area (TPSA) is 73.6 Å². The molecule has 6 heteroatoms. The molecule has 2 heterocycles. The van der Waals surface area contributed by atoms with Crippen molar-refractivity contribution in [1.82, 2.24) is 9.55 Å². The Kier molecular flexibility index (Phi) is 2.77. The lowest BCUT2D eigenvalue weighted by Gasteiger charge is -2.06. The standard InChI is InChI=1S/C13H14N2O4/c1-8-14-9-5-11-12(19-7-18-11)6-10(9)15(8)4-2-3-13(16)17/h5-6H,2-4,7H2,1H3,(H,16,17). The molecule has 0 spiro atoms. The first kappa shape index (κ1) is 11.8. The average molecular weight is 262 g/mol. The summed E-state index contributed by atoms with van der Waals surface area (Å²) >= 11 is 0. The van der Waals surface area contributed by atoms with Crippen LogP contribution in [0.3, 0.4) is 0 Å². The number of carbonyl (C=O) groups is 1. The Bertz CT molecular complexity index is 648. The molecule has 1 aromatic heterocycles. The van der Waals surface area contributed by atoms with E-state index in [9.17, 15) is 4.79 Å². The van der Waals surface area contributed by atoms with Crippen molar-refractivity contribution in [1.29, 1.82) is 0 Å². The van der Waals surface area contributed by atoms with Gasteiger partial charge in [0.1, 0.15) is 5.82 Å². The zero-order chi connectivity index (χ0) is 13.4. The van der Waals surface area contributed by atoms with Crippen LogP contribution in [-0.4, -0.2) is 27.4 Å². The number of fused-ring (bicyclic) bond motifs is 2. The van der Waals surface area contributed by atoms with E-state index in [2.05, 4.69) is 4.98 Å². The van der Waals surface area contributed by atoms with Crippen molar-refractivity contribution in [3.8, 4) is 11.5 Å². The largest absolute Gasteiger partial charge is 0.481 e. The fourth-order valence-electron chi connectivity index (χ4n) is 2.31. The van der Waals surface area contributed by atoms with Gasteiger partial charge in [-0.15, -0.1) is 0 Å². The van der Waals surface area contributed by atoms with Crippen LogP contribution in [0, 0.1) is 6.92 Å². The lowest BCUT2D eigenvalue weighted by molar-refractivity contribution is -0.137. The number of aromatic nitrogens is 2. The van der Waals surface area contributed by atoms with E-state index in [1.165, 1.54) is 0 Å². The van der Waals surface area contributed by atoms with E-state index in [1.54, 1.807) is 0 Å². The summed E-state index contributed by atoms with van der Waals surface area (Å²) in [5.41, 5.74) is 1.80. The lowest BCUT2D eigenvalue weighted by atomic mass is 10.2. The van der Waals surface area contributed by atoms with Crippen molar-refractivity contribution in [2.75, 3.05) is 6.79 Å². The number of hydrogen-bond acceptors (Lipinski definition) is 4. The summed E-state index contributed by atoms with van der Waals surface area (Å²) in [6.07, 6.45) is 0.736. The highest BCUT2D eigenvalue weighted by molar-refractivity contribution is 5.81. The molecule has 19 heavy (non-hydrogen) atoms. The Morgan fingerprint density at radius 2 is 2.16 bits per heavy atom. The van der Waals surface area contributed by atoms with E-state index in [0.29, 0.717) is 24.5 Å². The van der Waals surface area contributed by atoms with Gasteiger partial charge in [-0.25, -0.2) is 4.98 Å². The van der Waals surface area contributed by atoms with Crippen molar-refractivity contribution in [2.45, 2.75) is 26.3 Å². The zero-order valence-corrected chi connectivity index (χ0v) is 10.5. The second kappa shape index (κ2) is 4.46. The van der Waals surface area contributed by atoms with Crippen molar-refractivity contribution >= 4 is 17.0 Å². The van der Waals surface area contributed by atoms with Crippen molar-refractivity contribution < 1.29 is 19.4 Å². The molecule has 0 saturated heterocycles. The molecular weight excluding hydrogens is 248 g/mol. The molecular formula is C13H14N2O4. The number of hydrogen-bond donors (Lipinski definition) is 1. The van der Waals surface area contributed by atoms with Crippen LogP contribution in [-0.2, 0) is 11.3 Å². The molecule has 1 aromatic carbocycles. The minimum Gasteiger partial charge on any atom is -0.481 e. The summed E-state index contributed by atoms with van der Waals surface area (Å²) < 4.78 is 12.7. The Balaban J connectivity index is 1.94. The van der Waals surface area contributed by atoms with E-state index >= 15 is 0 Å². The molecule has 1 aliphatic rings. The van der Waals surface area contributed by atoms with Gasteiger partial charge in [0.25, 0.3) is 0 Å². The summed E-state index contributed by atoms with van der Waals surface area (Å²) in [6, 6.07) is 3.76. The maximum absolute atomic E-state index is 10.6. The quantitative estimate of drug-likeness (QED) is 0.911. The molecule has 0 bridgehead atoms. The van der Waals surface area contributed by atoms with Crippen LogP contribution < -0.4 is 9.47 Å². The first-order valence-electron chi connectivity index (χ1n) is 6.13. The number of aliphatic carboxylic acids is 1. The third-order valence-corrected chi connectivity index (χ3v) is 3.21. The highest BCUT2D eigenvalue weighted by atomic mass is 16.7. The Morgan fingerprint density at radius 1 is 1.42 bits per heavy atom. The van der Waals surface area contributed by atoms with Gasteiger partial charge in [-0.2, -0.15) is 0 Å². The minimum absolute atomic E-state index is 0.156. The summed E-state index contributed by atoms with van der Waals surface area (Å²) in [4.78, 5) is 15.0. The summed E-state index contributed by atoms with van der Waals surface area (Å²) in [6.45, 7) is 2.78. The summed E-state index contributed by atoms with van der Waals surface area (Å²) in [5, 5.41) is 8.69. The Hall–Kier alpha value is -2.24. The molecule has 0 atom stereocenters. The Labute approximate surface area is 109 Å². The van der Waals surface area contributed by atoms with Gasteiger partial charge in [0, 0.05) is 25.1 Å². The summed E-state index contributed by atoms with van der Waals surface area (Å²) in [5.74, 6) is 1.51. The van der Waals surface area contributed by atoms with Gasteiger partial charge in [0.2, 0.25) is 6.79 Å². The van der Waals surface area contributed by atoms with Crippen molar-refractivity contribution in [3.05, 3.63) is 18.0 Å². The second-order valence-electron chi connectivity index (χ2n) is 4.50. The zero-order valence-electron chi connectivity index (χ0n) is 10.5. The maximum Gasteiger partial charge on any atom is 0.303 e. The monoisotopic (exact) mass is 262 g/mol. The molecule has 0 amide bonds. The van der Waals surface area contributed by atoms with Crippen LogP contribution in [0.5, 0.6) is 11.5 Å². The molecule has 0 radical (unpaired) electrons. The van der Waals surface area contributed by atoms with E-state index < -0.39 is 5.97 Å². The van der Waals surface area contributed by atoms with E-state index in [4.69, 9.17) is 14.6 Å². The molecule has 0 saturated carbocycles. The third-order valence-electron chi connectivity index (χ3n) is 3.21. The molecule has 0 fully saturated rings. The number of carboxylic acids is 1. The van der Waals surface area contributed by atoms with Gasteiger partial charge in [-0.05, 0) is 13.3 Å². The Morgan fingerprint density at radius 3 is 2.89 bits per heavy atom. The first-order valence-corrected chi connectivity index (χ1v) is 6.13. The maximum atomic E-state index is 10.6. The third kappa shape index (κ3) is 2.09. The first-order chi connectivity index (χ1) is 9.15. The highest BCUT2D eigenvalue weighted by Gasteiger charge is 2.17. The predicted octanol–water partition coefficient (Wildman–Crippen LogP) is 1.94. The van der Waals surface area contributed by atoms with Gasteiger partial charge in [-0.3, -0.25) is 4.79 Å². The van der Waals surface area contributed by atoms with Gasteiger partial charge in [0.05, 0.1) is 11.0 Å². The lowest BCUT2D eigenvalue weighted by Crippen LogP contribution is -2.03. The van der Waals surface area contributed by atoms with Gasteiger partial charge in [0.15, 0.2) is 11.5 Å². The summed E-state index contributed by atoms with van der Waals surface area (Å²) in [7, 11) is 0. The molecule has 0 aliphatic carbocycles. The SMILES string of the molecule is Cc1nc2cc3c(cc2n1CCCC(=O)O)OCO3. The number of imidazole rings is 1. The number of rotatable bonds is 4. The number of ether oxygens (including phenoxy) is 2. The van der Waals surface area contributed by atoms with Crippen LogP contribution in [0.15, 0.2) is 12.1 Å². The average Bonchev–Trinajstić information content (AvgIpc) is 2.91. The fourth-order valence-corrected chi connectivity index (χ4v) is 2.31. The van der Waals surface area contributed by atoms with Crippen LogP contribution in [0.1, 0.15) is 18.7 Å². The normalized spacial score (nSPS) is 13.1. The van der Waals surface area contributed by atoms with Gasteiger partial charge in [-0.1, -0.05) is 0 Å². The van der Waals surface area contributed by atoms with Gasteiger partial charge < -0.3 is 19.1 Å².